The van der Waals surface area contributed by atoms with Crippen molar-refractivity contribution in [1.82, 2.24) is 9.78 Å². The molecule has 3 aromatic rings. The van der Waals surface area contributed by atoms with Crippen molar-refractivity contribution >= 4 is 17.4 Å². The lowest BCUT2D eigenvalue weighted by molar-refractivity contribution is -0.389. The molecule has 1 N–H and O–H groups in total. The van der Waals surface area contributed by atoms with Gasteiger partial charge < -0.3 is 15.4 Å². The molecule has 0 aliphatic rings. The van der Waals surface area contributed by atoms with Gasteiger partial charge in [-0.3, -0.25) is 4.79 Å². The number of rotatable bonds is 5. The lowest BCUT2D eigenvalue weighted by Crippen LogP contribution is -2.16. The predicted octanol–water partition coefficient (Wildman–Crippen LogP) is 3.85. The molecule has 0 saturated heterocycles. The monoisotopic (exact) mass is 368 g/mol. The SMILES string of the molecule is Cc1ccc(NC(=O)c2ccccc2Cn2nc([N+](=O)[O-])cc2C)cc1F. The number of hydrogen-bond acceptors (Lipinski definition) is 4. The Morgan fingerprint density at radius 2 is 1.96 bits per heavy atom. The molecule has 27 heavy (non-hydrogen) atoms. The normalized spacial score (nSPS) is 10.6. The van der Waals surface area contributed by atoms with Crippen molar-refractivity contribution < 1.29 is 14.1 Å². The molecule has 0 saturated carbocycles. The van der Waals surface area contributed by atoms with E-state index in [1.165, 1.54) is 16.8 Å². The molecule has 0 atom stereocenters. The molecule has 1 amide bonds. The van der Waals surface area contributed by atoms with Gasteiger partial charge in [-0.05, 0) is 48.1 Å². The van der Waals surface area contributed by atoms with Crippen LogP contribution in [0.2, 0.25) is 0 Å². The van der Waals surface area contributed by atoms with Gasteiger partial charge >= 0.3 is 5.82 Å². The predicted molar refractivity (Wildman–Crippen MR) is 98.3 cm³/mol. The number of nitrogens with zero attached hydrogens (tertiary/aromatic N) is 3. The van der Waals surface area contributed by atoms with Crippen LogP contribution in [0.15, 0.2) is 48.5 Å². The molecule has 0 unspecified atom stereocenters. The van der Waals surface area contributed by atoms with Gasteiger partial charge in [0.1, 0.15) is 5.82 Å². The second-order valence-electron chi connectivity index (χ2n) is 6.13. The summed E-state index contributed by atoms with van der Waals surface area (Å²) in [5.74, 6) is -1.04. The summed E-state index contributed by atoms with van der Waals surface area (Å²) < 4.78 is 15.2. The fourth-order valence-electron chi connectivity index (χ4n) is 2.65. The minimum atomic E-state index is -0.561. The van der Waals surface area contributed by atoms with Crippen molar-refractivity contribution in [3.05, 3.63) is 86.8 Å². The van der Waals surface area contributed by atoms with Crippen molar-refractivity contribution in [3.63, 3.8) is 0 Å². The summed E-state index contributed by atoms with van der Waals surface area (Å²) in [7, 11) is 0. The third-order valence-corrected chi connectivity index (χ3v) is 4.17. The van der Waals surface area contributed by atoms with Crippen LogP contribution >= 0.6 is 0 Å². The average molecular weight is 368 g/mol. The fraction of sp³-hybridized carbons (Fsp3) is 0.158. The summed E-state index contributed by atoms with van der Waals surface area (Å²) in [5.41, 5.74) is 2.48. The molecule has 138 valence electrons. The Bertz CT molecular complexity index is 1030. The summed E-state index contributed by atoms with van der Waals surface area (Å²) in [6.07, 6.45) is 0. The minimum absolute atomic E-state index is 0.200. The van der Waals surface area contributed by atoms with Crippen LogP contribution in [-0.2, 0) is 6.54 Å². The van der Waals surface area contributed by atoms with E-state index >= 15 is 0 Å². The Hall–Kier alpha value is -3.55. The highest BCUT2D eigenvalue weighted by Gasteiger charge is 2.18. The maximum Gasteiger partial charge on any atom is 0.390 e. The molecule has 0 aliphatic heterocycles. The van der Waals surface area contributed by atoms with Crippen molar-refractivity contribution in [2.45, 2.75) is 20.4 Å². The zero-order valence-electron chi connectivity index (χ0n) is 14.8. The van der Waals surface area contributed by atoms with Crippen LogP contribution in [0.3, 0.4) is 0 Å². The topological polar surface area (TPSA) is 90.1 Å². The molecule has 0 spiro atoms. The van der Waals surface area contributed by atoms with Crippen molar-refractivity contribution in [3.8, 4) is 0 Å². The number of amides is 1. The molecule has 0 radical (unpaired) electrons. The first-order valence-corrected chi connectivity index (χ1v) is 8.19. The number of hydrogen-bond donors (Lipinski definition) is 1. The molecule has 2 aromatic carbocycles. The Labute approximate surface area is 154 Å². The minimum Gasteiger partial charge on any atom is -0.358 e. The molecule has 8 heteroatoms. The van der Waals surface area contributed by atoms with Gasteiger partial charge in [-0.25, -0.2) is 4.39 Å². The standard InChI is InChI=1S/C19H17FN4O3/c1-12-7-8-15(10-17(12)20)21-19(25)16-6-4-3-5-14(16)11-23-13(2)9-18(22-23)24(26)27/h3-10H,11H2,1-2H3,(H,21,25). The number of anilines is 1. The molecule has 0 fully saturated rings. The lowest BCUT2D eigenvalue weighted by Gasteiger charge is -2.10. The molecular weight excluding hydrogens is 351 g/mol. The number of aryl methyl sites for hydroxylation is 2. The van der Waals surface area contributed by atoms with Crippen LogP contribution < -0.4 is 5.32 Å². The molecule has 3 rings (SSSR count). The number of carbonyl (C=O) groups excluding carboxylic acids is 1. The smallest absolute Gasteiger partial charge is 0.358 e. The maximum absolute atomic E-state index is 13.7. The summed E-state index contributed by atoms with van der Waals surface area (Å²) in [4.78, 5) is 23.0. The zero-order chi connectivity index (χ0) is 19.6. The summed E-state index contributed by atoms with van der Waals surface area (Å²) in [6.45, 7) is 3.55. The van der Waals surface area contributed by atoms with E-state index in [0.717, 1.165) is 0 Å². The van der Waals surface area contributed by atoms with Gasteiger partial charge in [-0.2, -0.15) is 4.68 Å². The summed E-state index contributed by atoms with van der Waals surface area (Å²) in [5, 5.41) is 17.5. The van der Waals surface area contributed by atoms with Crippen LogP contribution in [0.1, 0.15) is 27.2 Å². The number of aromatic nitrogens is 2. The first kappa shape index (κ1) is 18.2. The van der Waals surface area contributed by atoms with Crippen LogP contribution in [-0.4, -0.2) is 20.6 Å². The Balaban J connectivity index is 1.86. The second kappa shape index (κ2) is 7.36. The van der Waals surface area contributed by atoms with E-state index in [9.17, 15) is 19.3 Å². The molecule has 0 bridgehead atoms. The maximum atomic E-state index is 13.7. The highest BCUT2D eigenvalue weighted by molar-refractivity contribution is 6.05. The van der Waals surface area contributed by atoms with Gasteiger partial charge in [-0.1, -0.05) is 24.3 Å². The molecular formula is C19H17FN4O3. The van der Waals surface area contributed by atoms with E-state index in [2.05, 4.69) is 10.4 Å². The van der Waals surface area contributed by atoms with E-state index in [0.29, 0.717) is 28.1 Å². The fourth-order valence-corrected chi connectivity index (χ4v) is 2.65. The van der Waals surface area contributed by atoms with Gasteiger partial charge in [0.25, 0.3) is 5.91 Å². The van der Waals surface area contributed by atoms with Crippen LogP contribution in [0, 0.1) is 29.8 Å². The first-order chi connectivity index (χ1) is 12.8. The van der Waals surface area contributed by atoms with E-state index in [-0.39, 0.29) is 12.4 Å². The van der Waals surface area contributed by atoms with E-state index in [1.807, 2.05) is 0 Å². The number of halogens is 1. The van der Waals surface area contributed by atoms with Gasteiger partial charge in [0.05, 0.1) is 23.4 Å². The third kappa shape index (κ3) is 4.00. The zero-order valence-corrected chi connectivity index (χ0v) is 14.8. The largest absolute Gasteiger partial charge is 0.390 e. The highest BCUT2D eigenvalue weighted by atomic mass is 19.1. The molecule has 7 nitrogen and oxygen atoms in total. The van der Waals surface area contributed by atoms with Gasteiger partial charge in [0, 0.05) is 11.3 Å². The van der Waals surface area contributed by atoms with Crippen molar-refractivity contribution in [1.29, 1.82) is 0 Å². The van der Waals surface area contributed by atoms with Crippen LogP contribution in [0.25, 0.3) is 0 Å². The number of carbonyl (C=O) groups is 1. The summed E-state index contributed by atoms with van der Waals surface area (Å²) in [6, 6.07) is 12.7. The quantitative estimate of drug-likeness (QED) is 0.547. The van der Waals surface area contributed by atoms with E-state index < -0.39 is 16.6 Å². The summed E-state index contributed by atoms with van der Waals surface area (Å²) >= 11 is 0. The van der Waals surface area contributed by atoms with Gasteiger partial charge in [-0.15, -0.1) is 0 Å². The van der Waals surface area contributed by atoms with Crippen molar-refractivity contribution in [2.75, 3.05) is 5.32 Å². The molecule has 1 heterocycles. The lowest BCUT2D eigenvalue weighted by atomic mass is 10.1. The van der Waals surface area contributed by atoms with Crippen molar-refractivity contribution in [2.24, 2.45) is 0 Å². The Morgan fingerprint density at radius 3 is 2.63 bits per heavy atom. The Kier molecular flexibility index (Phi) is 4.98. The van der Waals surface area contributed by atoms with E-state index in [4.69, 9.17) is 0 Å². The molecule has 0 aliphatic carbocycles. The third-order valence-electron chi connectivity index (χ3n) is 4.17. The highest BCUT2D eigenvalue weighted by Crippen LogP contribution is 2.18. The number of nitrogens with one attached hydrogen (secondary N) is 1. The van der Waals surface area contributed by atoms with Crippen LogP contribution in [0.5, 0.6) is 0 Å². The molecule has 1 aromatic heterocycles. The Morgan fingerprint density at radius 1 is 1.22 bits per heavy atom. The average Bonchev–Trinajstić information content (AvgIpc) is 2.99. The number of nitro groups is 1. The van der Waals surface area contributed by atoms with Gasteiger partial charge in [0.2, 0.25) is 0 Å². The number of benzene rings is 2. The second-order valence-corrected chi connectivity index (χ2v) is 6.13. The van der Waals surface area contributed by atoms with Gasteiger partial charge in [0.15, 0.2) is 0 Å². The van der Waals surface area contributed by atoms with E-state index in [1.54, 1.807) is 50.2 Å². The first-order valence-electron chi connectivity index (χ1n) is 8.19. The van der Waals surface area contributed by atoms with Crippen LogP contribution in [0.4, 0.5) is 15.9 Å².